The molecule has 1 heterocycles. The highest BCUT2D eigenvalue weighted by Gasteiger charge is 2.11. The summed E-state index contributed by atoms with van der Waals surface area (Å²) in [5.74, 6) is -0.432. The zero-order valence-corrected chi connectivity index (χ0v) is 11.1. The molecule has 6 heteroatoms. The number of carboxylic acids is 1. The number of hydrogen-bond acceptors (Lipinski definition) is 4. The number of amides is 1. The van der Waals surface area contributed by atoms with E-state index in [-0.39, 0.29) is 12.3 Å². The summed E-state index contributed by atoms with van der Waals surface area (Å²) in [5, 5.41) is 11.2. The van der Waals surface area contributed by atoms with Gasteiger partial charge < -0.3 is 14.8 Å². The molecule has 0 aliphatic rings. The number of nitrogens with zero attached hydrogens (tertiary/aromatic N) is 1. The van der Waals surface area contributed by atoms with Crippen molar-refractivity contribution in [3.8, 4) is 0 Å². The maximum absolute atomic E-state index is 11.6. The fourth-order valence-corrected chi connectivity index (χ4v) is 1.74. The van der Waals surface area contributed by atoms with Gasteiger partial charge >= 0.3 is 5.97 Å². The van der Waals surface area contributed by atoms with Crippen molar-refractivity contribution in [2.24, 2.45) is 0 Å². The van der Waals surface area contributed by atoms with Crippen LogP contribution in [0.15, 0.2) is 10.8 Å². The Morgan fingerprint density at radius 2 is 1.95 bits per heavy atom. The lowest BCUT2D eigenvalue weighted by Crippen LogP contribution is -2.25. The van der Waals surface area contributed by atoms with E-state index < -0.39 is 5.97 Å². The molecule has 0 radical (unpaired) electrons. The molecule has 0 saturated carbocycles. The van der Waals surface area contributed by atoms with E-state index in [1.54, 1.807) is 6.92 Å². The van der Waals surface area contributed by atoms with Crippen LogP contribution in [0.4, 0.5) is 0 Å². The Kier molecular flexibility index (Phi) is 6.63. The molecular weight excluding hydrogens is 248 g/mol. The average molecular weight is 268 g/mol. The Hall–Kier alpha value is -1.85. The molecule has 0 spiro atoms. The molecule has 106 valence electrons. The molecular formula is C13H20N2O4. The molecule has 0 bridgehead atoms. The second kappa shape index (κ2) is 8.29. The zero-order chi connectivity index (χ0) is 14.1. The van der Waals surface area contributed by atoms with Crippen molar-refractivity contribution in [2.75, 3.05) is 6.54 Å². The van der Waals surface area contributed by atoms with Gasteiger partial charge in [0, 0.05) is 13.0 Å². The molecule has 6 nitrogen and oxygen atoms in total. The van der Waals surface area contributed by atoms with E-state index in [0.717, 1.165) is 32.1 Å². The third-order valence-corrected chi connectivity index (χ3v) is 2.81. The van der Waals surface area contributed by atoms with Crippen LogP contribution in [0.1, 0.15) is 54.8 Å². The molecule has 0 fully saturated rings. The Morgan fingerprint density at radius 1 is 1.26 bits per heavy atom. The van der Waals surface area contributed by atoms with Gasteiger partial charge in [0.25, 0.3) is 5.91 Å². The maximum Gasteiger partial charge on any atom is 0.303 e. The van der Waals surface area contributed by atoms with Gasteiger partial charge in [0.15, 0.2) is 12.1 Å². The predicted molar refractivity (Wildman–Crippen MR) is 68.9 cm³/mol. The Morgan fingerprint density at radius 3 is 2.58 bits per heavy atom. The molecule has 19 heavy (non-hydrogen) atoms. The first-order chi connectivity index (χ1) is 9.11. The number of rotatable bonds is 9. The summed E-state index contributed by atoms with van der Waals surface area (Å²) in [5.41, 5.74) is 0.335. The molecule has 2 N–H and O–H groups in total. The number of carbonyl (C=O) groups is 2. The van der Waals surface area contributed by atoms with Crippen molar-refractivity contribution >= 4 is 11.9 Å². The molecule has 1 rings (SSSR count). The Bertz CT molecular complexity index is 415. The van der Waals surface area contributed by atoms with E-state index in [1.165, 1.54) is 6.39 Å². The van der Waals surface area contributed by atoms with E-state index in [1.807, 2.05) is 0 Å². The van der Waals surface area contributed by atoms with Gasteiger partial charge in [-0.15, -0.1) is 0 Å². The Balaban J connectivity index is 2.01. The molecule has 0 atom stereocenters. The summed E-state index contributed by atoms with van der Waals surface area (Å²) in [6.07, 6.45) is 6.00. The summed E-state index contributed by atoms with van der Waals surface area (Å²) >= 11 is 0. The van der Waals surface area contributed by atoms with Crippen LogP contribution in [-0.2, 0) is 4.79 Å². The number of carbonyl (C=O) groups excluding carboxylic acids is 1. The highest BCUT2D eigenvalue weighted by Crippen LogP contribution is 2.06. The van der Waals surface area contributed by atoms with Crippen LogP contribution in [-0.4, -0.2) is 28.5 Å². The molecule has 1 aromatic heterocycles. The zero-order valence-electron chi connectivity index (χ0n) is 11.1. The summed E-state index contributed by atoms with van der Waals surface area (Å²) in [6.45, 7) is 2.30. The highest BCUT2D eigenvalue weighted by molar-refractivity contribution is 5.92. The number of nitrogens with one attached hydrogen (secondary N) is 1. The quantitative estimate of drug-likeness (QED) is 0.669. The SMILES string of the molecule is Cc1ocnc1C(=O)NCCCCCCCC(=O)O. The van der Waals surface area contributed by atoms with E-state index in [9.17, 15) is 9.59 Å². The lowest BCUT2D eigenvalue weighted by atomic mass is 10.1. The largest absolute Gasteiger partial charge is 0.481 e. The molecule has 1 amide bonds. The third-order valence-electron chi connectivity index (χ3n) is 2.81. The topological polar surface area (TPSA) is 92.4 Å². The second-order valence-corrected chi connectivity index (χ2v) is 4.42. The molecule has 0 aromatic carbocycles. The summed E-state index contributed by atoms with van der Waals surface area (Å²) in [7, 11) is 0. The predicted octanol–water partition coefficient (Wildman–Crippen LogP) is 2.14. The van der Waals surface area contributed by atoms with Crippen molar-refractivity contribution in [3.05, 3.63) is 17.8 Å². The van der Waals surface area contributed by atoms with Gasteiger partial charge in [-0.05, 0) is 19.8 Å². The van der Waals surface area contributed by atoms with Crippen molar-refractivity contribution in [3.63, 3.8) is 0 Å². The average Bonchev–Trinajstić information content (AvgIpc) is 2.78. The Labute approximate surface area is 112 Å². The van der Waals surface area contributed by atoms with E-state index in [0.29, 0.717) is 18.0 Å². The molecule has 1 aromatic rings. The van der Waals surface area contributed by atoms with Gasteiger partial charge in [0.1, 0.15) is 5.76 Å². The minimum absolute atomic E-state index is 0.211. The summed E-state index contributed by atoms with van der Waals surface area (Å²) in [6, 6.07) is 0. The fraction of sp³-hybridized carbons (Fsp3) is 0.615. The van der Waals surface area contributed by atoms with Gasteiger partial charge in [-0.1, -0.05) is 19.3 Å². The van der Waals surface area contributed by atoms with Gasteiger partial charge in [0.2, 0.25) is 0 Å². The monoisotopic (exact) mass is 268 g/mol. The van der Waals surface area contributed by atoms with Gasteiger partial charge in [-0.2, -0.15) is 0 Å². The number of aliphatic carboxylic acids is 1. The fourth-order valence-electron chi connectivity index (χ4n) is 1.74. The van der Waals surface area contributed by atoms with E-state index >= 15 is 0 Å². The minimum Gasteiger partial charge on any atom is -0.481 e. The molecule has 0 aliphatic heterocycles. The standard InChI is InChI=1S/C13H20N2O4/c1-10-12(15-9-19-10)13(18)14-8-6-4-2-3-5-7-11(16)17/h9H,2-8H2,1H3,(H,14,18)(H,16,17). The van der Waals surface area contributed by atoms with E-state index in [4.69, 9.17) is 9.52 Å². The lowest BCUT2D eigenvalue weighted by molar-refractivity contribution is -0.137. The number of aryl methyl sites for hydroxylation is 1. The van der Waals surface area contributed by atoms with Crippen LogP contribution in [0.2, 0.25) is 0 Å². The van der Waals surface area contributed by atoms with Gasteiger partial charge in [0.05, 0.1) is 0 Å². The first kappa shape index (κ1) is 15.2. The van der Waals surface area contributed by atoms with Crippen LogP contribution in [0.5, 0.6) is 0 Å². The van der Waals surface area contributed by atoms with Crippen molar-refractivity contribution in [2.45, 2.75) is 45.4 Å². The molecule has 0 unspecified atom stereocenters. The van der Waals surface area contributed by atoms with Gasteiger partial charge in [-0.25, -0.2) is 4.98 Å². The van der Waals surface area contributed by atoms with Crippen LogP contribution < -0.4 is 5.32 Å². The second-order valence-electron chi connectivity index (χ2n) is 4.42. The first-order valence-electron chi connectivity index (χ1n) is 6.51. The normalized spacial score (nSPS) is 10.4. The smallest absolute Gasteiger partial charge is 0.303 e. The summed E-state index contributed by atoms with van der Waals surface area (Å²) in [4.78, 5) is 25.8. The lowest BCUT2D eigenvalue weighted by Gasteiger charge is -2.03. The summed E-state index contributed by atoms with van der Waals surface area (Å²) < 4.78 is 4.96. The number of carboxylic acid groups (broad SMARTS) is 1. The molecule has 0 aliphatic carbocycles. The number of aromatic nitrogens is 1. The maximum atomic E-state index is 11.6. The number of oxazole rings is 1. The van der Waals surface area contributed by atoms with E-state index in [2.05, 4.69) is 10.3 Å². The highest BCUT2D eigenvalue weighted by atomic mass is 16.4. The third kappa shape index (κ3) is 6.03. The van der Waals surface area contributed by atoms with Crippen molar-refractivity contribution in [1.29, 1.82) is 0 Å². The van der Waals surface area contributed by atoms with Crippen LogP contribution in [0.25, 0.3) is 0 Å². The van der Waals surface area contributed by atoms with Crippen LogP contribution in [0.3, 0.4) is 0 Å². The van der Waals surface area contributed by atoms with Crippen molar-refractivity contribution < 1.29 is 19.1 Å². The van der Waals surface area contributed by atoms with Crippen LogP contribution in [0, 0.1) is 6.92 Å². The number of unbranched alkanes of at least 4 members (excludes halogenated alkanes) is 4. The number of hydrogen-bond donors (Lipinski definition) is 2. The van der Waals surface area contributed by atoms with Crippen LogP contribution >= 0.6 is 0 Å². The molecule has 0 saturated heterocycles. The minimum atomic E-state index is -0.741. The van der Waals surface area contributed by atoms with Gasteiger partial charge in [-0.3, -0.25) is 9.59 Å². The first-order valence-corrected chi connectivity index (χ1v) is 6.51. The van der Waals surface area contributed by atoms with Crippen molar-refractivity contribution in [1.82, 2.24) is 10.3 Å².